The molecule has 0 aliphatic heterocycles. The molecule has 1 aromatic carbocycles. The van der Waals surface area contributed by atoms with Gasteiger partial charge in [0.15, 0.2) is 0 Å². The fourth-order valence-electron chi connectivity index (χ4n) is 1.67. The molecule has 21 heavy (non-hydrogen) atoms. The van der Waals surface area contributed by atoms with Crippen molar-refractivity contribution < 1.29 is 26.3 Å². The Morgan fingerprint density at radius 3 is 2.48 bits per heavy atom. The van der Waals surface area contributed by atoms with Crippen LogP contribution in [0.3, 0.4) is 0 Å². The van der Waals surface area contributed by atoms with E-state index in [1.165, 1.54) is 18.2 Å². The van der Waals surface area contributed by atoms with Crippen molar-refractivity contribution in [3.05, 3.63) is 28.2 Å². The lowest BCUT2D eigenvalue weighted by molar-refractivity contribution is -0.274. The third-order valence-electron chi connectivity index (χ3n) is 2.43. The third kappa shape index (κ3) is 7.68. The lowest BCUT2D eigenvalue weighted by Gasteiger charge is -2.14. The largest absolute Gasteiger partial charge is 0.573 e. The van der Waals surface area contributed by atoms with Crippen LogP contribution in [0.25, 0.3) is 0 Å². The average molecular weight is 390 g/mol. The number of sulfone groups is 1. The van der Waals surface area contributed by atoms with Crippen molar-refractivity contribution in [3.63, 3.8) is 0 Å². The molecule has 9 heteroatoms. The van der Waals surface area contributed by atoms with Crippen LogP contribution in [0, 0.1) is 0 Å². The Kier molecular flexibility index (Phi) is 6.06. The van der Waals surface area contributed by atoms with E-state index in [9.17, 15) is 21.6 Å². The van der Waals surface area contributed by atoms with Crippen molar-refractivity contribution >= 4 is 25.8 Å². The van der Waals surface area contributed by atoms with Crippen molar-refractivity contribution in [2.75, 3.05) is 12.0 Å². The van der Waals surface area contributed by atoms with Crippen molar-refractivity contribution in [2.24, 2.45) is 0 Å². The first kappa shape index (κ1) is 18.2. The van der Waals surface area contributed by atoms with E-state index in [-0.39, 0.29) is 22.0 Å². The van der Waals surface area contributed by atoms with E-state index in [1.54, 1.807) is 6.92 Å². The molecule has 1 atom stereocenters. The van der Waals surface area contributed by atoms with E-state index in [0.29, 0.717) is 12.1 Å². The summed E-state index contributed by atoms with van der Waals surface area (Å²) >= 11 is 3.01. The molecule has 0 heterocycles. The molecular weight excluding hydrogens is 375 g/mol. The molecule has 1 N–H and O–H groups in total. The summed E-state index contributed by atoms with van der Waals surface area (Å²) in [6, 6.07) is 3.91. The molecule has 0 fully saturated rings. The number of benzene rings is 1. The molecule has 0 saturated carbocycles. The minimum atomic E-state index is -4.74. The predicted octanol–water partition coefficient (Wildman–Crippen LogP) is 2.87. The predicted molar refractivity (Wildman–Crippen MR) is 76.8 cm³/mol. The SMILES string of the molecule is CC(CS(C)(=O)=O)NCc1ccc(OC(F)(F)F)c(Br)c1. The zero-order valence-corrected chi connectivity index (χ0v) is 13.8. The minimum Gasteiger partial charge on any atom is -0.405 e. The molecule has 0 radical (unpaired) electrons. The maximum Gasteiger partial charge on any atom is 0.573 e. The van der Waals surface area contributed by atoms with E-state index >= 15 is 0 Å². The van der Waals surface area contributed by atoms with Gasteiger partial charge in [-0.15, -0.1) is 13.2 Å². The first-order valence-corrected chi connectivity index (χ1v) is 8.77. The van der Waals surface area contributed by atoms with Crippen molar-refractivity contribution in [1.82, 2.24) is 5.32 Å². The Hall–Kier alpha value is -0.800. The van der Waals surface area contributed by atoms with Crippen molar-refractivity contribution in [3.8, 4) is 5.75 Å². The van der Waals surface area contributed by atoms with Gasteiger partial charge in [0.05, 0.1) is 10.2 Å². The summed E-state index contributed by atoms with van der Waals surface area (Å²) < 4.78 is 62.6. The fraction of sp³-hybridized carbons (Fsp3) is 0.500. The Morgan fingerprint density at radius 1 is 1.38 bits per heavy atom. The van der Waals surface area contributed by atoms with E-state index in [1.807, 2.05) is 0 Å². The number of alkyl halides is 3. The van der Waals surface area contributed by atoms with Crippen molar-refractivity contribution in [1.29, 1.82) is 0 Å². The molecule has 0 aliphatic carbocycles. The second-order valence-electron chi connectivity index (χ2n) is 4.69. The van der Waals surface area contributed by atoms with Crippen LogP contribution in [-0.4, -0.2) is 32.8 Å². The summed E-state index contributed by atoms with van der Waals surface area (Å²) in [5.41, 5.74) is 0.705. The van der Waals surface area contributed by atoms with E-state index in [2.05, 4.69) is 26.0 Å². The molecule has 4 nitrogen and oxygen atoms in total. The smallest absolute Gasteiger partial charge is 0.405 e. The van der Waals surface area contributed by atoms with Gasteiger partial charge >= 0.3 is 6.36 Å². The Balaban J connectivity index is 2.64. The summed E-state index contributed by atoms with van der Waals surface area (Å²) in [5, 5.41) is 2.99. The number of ether oxygens (including phenoxy) is 1. The molecule has 0 aromatic heterocycles. The molecule has 0 bridgehead atoms. The summed E-state index contributed by atoms with van der Waals surface area (Å²) in [4.78, 5) is 0. The summed E-state index contributed by atoms with van der Waals surface area (Å²) in [6.45, 7) is 2.05. The second kappa shape index (κ2) is 6.97. The van der Waals surface area contributed by atoms with Gasteiger partial charge in [-0.05, 0) is 40.5 Å². The van der Waals surface area contributed by atoms with Crippen LogP contribution in [0.4, 0.5) is 13.2 Å². The first-order valence-electron chi connectivity index (χ1n) is 5.91. The summed E-state index contributed by atoms with van der Waals surface area (Å²) in [7, 11) is -3.08. The third-order valence-corrected chi connectivity index (χ3v) is 4.15. The molecule has 0 aliphatic rings. The highest BCUT2D eigenvalue weighted by atomic mass is 79.9. The molecule has 0 amide bonds. The van der Waals surface area contributed by atoms with Gasteiger partial charge in [0, 0.05) is 18.8 Å². The van der Waals surface area contributed by atoms with E-state index in [0.717, 1.165) is 6.26 Å². The van der Waals surface area contributed by atoms with Crippen LogP contribution < -0.4 is 10.1 Å². The van der Waals surface area contributed by atoms with Crippen LogP contribution in [0.1, 0.15) is 12.5 Å². The molecule has 1 aromatic rings. The van der Waals surface area contributed by atoms with Crippen LogP contribution in [0.5, 0.6) is 5.75 Å². The molecule has 120 valence electrons. The summed E-state index contributed by atoms with van der Waals surface area (Å²) in [6.07, 6.45) is -3.60. The zero-order valence-electron chi connectivity index (χ0n) is 11.4. The van der Waals surface area contributed by atoms with Gasteiger partial charge in [-0.3, -0.25) is 0 Å². The lowest BCUT2D eigenvalue weighted by atomic mass is 10.2. The molecule has 0 saturated heterocycles. The minimum absolute atomic E-state index is 0.0105. The highest BCUT2D eigenvalue weighted by molar-refractivity contribution is 9.10. The number of hydrogen-bond acceptors (Lipinski definition) is 4. The highest BCUT2D eigenvalue weighted by Gasteiger charge is 2.31. The molecular formula is C12H15BrF3NO3S. The van der Waals surface area contributed by atoms with Crippen LogP contribution in [-0.2, 0) is 16.4 Å². The first-order chi connectivity index (χ1) is 9.46. The van der Waals surface area contributed by atoms with Gasteiger partial charge in [-0.25, -0.2) is 8.42 Å². The maximum atomic E-state index is 12.1. The molecule has 1 unspecified atom stereocenters. The topological polar surface area (TPSA) is 55.4 Å². The van der Waals surface area contributed by atoms with Gasteiger partial charge in [0.25, 0.3) is 0 Å². The van der Waals surface area contributed by atoms with E-state index in [4.69, 9.17) is 0 Å². The highest BCUT2D eigenvalue weighted by Crippen LogP contribution is 2.31. The van der Waals surface area contributed by atoms with Gasteiger partial charge in [-0.1, -0.05) is 6.07 Å². The van der Waals surface area contributed by atoms with Gasteiger partial charge < -0.3 is 10.1 Å². The van der Waals surface area contributed by atoms with Gasteiger partial charge in [-0.2, -0.15) is 0 Å². The normalized spacial score (nSPS) is 14.0. The monoisotopic (exact) mass is 389 g/mol. The average Bonchev–Trinajstić information content (AvgIpc) is 2.26. The Bertz CT molecular complexity index is 590. The fourth-order valence-corrected chi connectivity index (χ4v) is 3.20. The quantitative estimate of drug-likeness (QED) is 0.812. The summed E-state index contributed by atoms with van der Waals surface area (Å²) in [5.74, 6) is -0.334. The van der Waals surface area contributed by atoms with Crippen LogP contribution in [0.15, 0.2) is 22.7 Å². The zero-order chi connectivity index (χ0) is 16.3. The standard InChI is InChI=1S/C12H15BrF3NO3S/c1-8(7-21(2,18)19)17-6-9-3-4-11(10(13)5-9)20-12(14,15)16/h3-5,8,17H,6-7H2,1-2H3. The maximum absolute atomic E-state index is 12.1. The number of rotatable bonds is 6. The van der Waals surface area contributed by atoms with Crippen LogP contribution >= 0.6 is 15.9 Å². The van der Waals surface area contributed by atoms with Gasteiger partial charge in [0.1, 0.15) is 15.6 Å². The van der Waals surface area contributed by atoms with E-state index < -0.39 is 16.2 Å². The molecule has 1 rings (SSSR count). The van der Waals surface area contributed by atoms with Gasteiger partial charge in [0.2, 0.25) is 0 Å². The van der Waals surface area contributed by atoms with Crippen molar-refractivity contribution in [2.45, 2.75) is 25.9 Å². The number of hydrogen-bond donors (Lipinski definition) is 1. The lowest BCUT2D eigenvalue weighted by Crippen LogP contribution is -2.32. The Morgan fingerprint density at radius 2 is 2.00 bits per heavy atom. The van der Waals surface area contributed by atoms with Crippen LogP contribution in [0.2, 0.25) is 0 Å². The molecule has 0 spiro atoms. The Labute approximate surface area is 129 Å². The number of nitrogens with one attached hydrogen (secondary N) is 1. The second-order valence-corrected chi connectivity index (χ2v) is 7.73. The number of halogens is 4.